The van der Waals surface area contributed by atoms with Gasteiger partial charge in [0, 0.05) is 32.3 Å². The molecule has 1 atom stereocenters. The fourth-order valence-corrected chi connectivity index (χ4v) is 4.42. The SMILES string of the molecule is O=C(/C=C/c1ccc2c(c1)OCO2)N1CCN(c2ccc(N3C[C@H](CN=C=S)OC3=O)cc2F)CC1. The lowest BCUT2D eigenvalue weighted by molar-refractivity contribution is -0.126. The van der Waals surface area contributed by atoms with E-state index < -0.39 is 18.0 Å². The van der Waals surface area contributed by atoms with E-state index in [-0.39, 0.29) is 25.8 Å². The highest BCUT2D eigenvalue weighted by Gasteiger charge is 2.33. The van der Waals surface area contributed by atoms with Crippen LogP contribution in [0.2, 0.25) is 0 Å². The Morgan fingerprint density at radius 2 is 1.94 bits per heavy atom. The van der Waals surface area contributed by atoms with Crippen molar-refractivity contribution in [3.8, 4) is 11.5 Å². The summed E-state index contributed by atoms with van der Waals surface area (Å²) in [5, 5.41) is 2.25. The van der Waals surface area contributed by atoms with Gasteiger partial charge >= 0.3 is 6.09 Å². The molecule has 5 rings (SSSR count). The van der Waals surface area contributed by atoms with Crippen LogP contribution < -0.4 is 19.3 Å². The Morgan fingerprint density at radius 3 is 2.72 bits per heavy atom. The number of halogens is 1. The maximum atomic E-state index is 15.0. The van der Waals surface area contributed by atoms with Crippen molar-refractivity contribution in [1.82, 2.24) is 4.90 Å². The van der Waals surface area contributed by atoms with E-state index in [1.54, 1.807) is 23.1 Å². The van der Waals surface area contributed by atoms with Gasteiger partial charge in [-0.2, -0.15) is 0 Å². The fraction of sp³-hybridized carbons (Fsp3) is 0.320. The molecule has 0 bridgehead atoms. The zero-order valence-electron chi connectivity index (χ0n) is 19.3. The van der Waals surface area contributed by atoms with Crippen LogP contribution in [0.1, 0.15) is 5.56 Å². The summed E-state index contributed by atoms with van der Waals surface area (Å²) in [7, 11) is 0. The highest BCUT2D eigenvalue weighted by molar-refractivity contribution is 7.78. The van der Waals surface area contributed by atoms with Crippen LogP contribution in [0.5, 0.6) is 11.5 Å². The molecule has 2 saturated heterocycles. The molecule has 0 radical (unpaired) electrons. The summed E-state index contributed by atoms with van der Waals surface area (Å²) < 4.78 is 30.9. The van der Waals surface area contributed by atoms with E-state index in [0.717, 1.165) is 5.56 Å². The van der Waals surface area contributed by atoms with Gasteiger partial charge in [0.1, 0.15) is 11.9 Å². The van der Waals surface area contributed by atoms with Crippen LogP contribution in [0.15, 0.2) is 47.5 Å². The molecular weight excluding hydrogens is 487 g/mol. The molecule has 2 amide bonds. The van der Waals surface area contributed by atoms with E-state index >= 15 is 4.39 Å². The van der Waals surface area contributed by atoms with Crippen LogP contribution in [0.4, 0.5) is 20.6 Å². The molecule has 2 aromatic rings. The number of ether oxygens (including phenoxy) is 3. The van der Waals surface area contributed by atoms with Crippen LogP contribution in [-0.4, -0.2) is 74.2 Å². The molecular formula is C25H23FN4O5S. The molecule has 0 aromatic heterocycles. The summed E-state index contributed by atoms with van der Waals surface area (Å²) in [5.74, 6) is 0.801. The van der Waals surface area contributed by atoms with Crippen molar-refractivity contribution in [3.63, 3.8) is 0 Å². The van der Waals surface area contributed by atoms with Crippen molar-refractivity contribution in [2.45, 2.75) is 6.10 Å². The summed E-state index contributed by atoms with van der Waals surface area (Å²) in [4.78, 5) is 33.6. The number of fused-ring (bicyclic) bond motifs is 1. The number of benzene rings is 2. The molecule has 0 saturated carbocycles. The maximum absolute atomic E-state index is 15.0. The van der Waals surface area contributed by atoms with E-state index in [9.17, 15) is 9.59 Å². The Hall–Kier alpha value is -3.95. The summed E-state index contributed by atoms with van der Waals surface area (Å²) in [5.41, 5.74) is 1.68. The molecule has 2 aromatic carbocycles. The summed E-state index contributed by atoms with van der Waals surface area (Å²) in [6.45, 7) is 2.59. The molecule has 186 valence electrons. The number of piperazine rings is 1. The van der Waals surface area contributed by atoms with Crippen molar-refractivity contribution in [1.29, 1.82) is 0 Å². The van der Waals surface area contributed by atoms with Gasteiger partial charge in [0.25, 0.3) is 0 Å². The number of carbonyl (C=O) groups excluding carboxylic acids is 2. The first-order valence-corrected chi connectivity index (χ1v) is 11.9. The number of carbonyl (C=O) groups is 2. The highest BCUT2D eigenvalue weighted by atomic mass is 32.1. The van der Waals surface area contributed by atoms with Gasteiger partial charge in [-0.25, -0.2) is 14.2 Å². The number of isothiocyanates is 1. The number of hydrogen-bond acceptors (Lipinski definition) is 8. The Bertz CT molecular complexity index is 1260. The third-order valence-electron chi connectivity index (χ3n) is 6.22. The van der Waals surface area contributed by atoms with Crippen LogP contribution in [0.3, 0.4) is 0 Å². The van der Waals surface area contributed by atoms with Gasteiger partial charge in [0.2, 0.25) is 12.7 Å². The quantitative estimate of drug-likeness (QED) is 0.335. The smallest absolute Gasteiger partial charge is 0.414 e. The third kappa shape index (κ3) is 5.02. The number of nitrogens with zero attached hydrogens (tertiary/aromatic N) is 4. The van der Waals surface area contributed by atoms with Crippen LogP contribution >= 0.6 is 12.2 Å². The Kier molecular flexibility index (Phi) is 6.84. The standard InChI is InChI=1S/C25H23FN4O5S/c26-20-12-18(30-14-19(13-27-15-36)35-25(30)32)3-4-21(20)28-7-9-29(10-8-28)24(31)6-2-17-1-5-22-23(11-17)34-16-33-22/h1-6,11-12,19H,7-10,13-14,16H2/b6-2+/t19-/m0/s1. The number of hydrogen-bond donors (Lipinski definition) is 0. The van der Waals surface area contributed by atoms with E-state index in [4.69, 9.17) is 14.2 Å². The van der Waals surface area contributed by atoms with Crippen molar-refractivity contribution in [2.75, 3.05) is 55.9 Å². The van der Waals surface area contributed by atoms with E-state index in [1.165, 1.54) is 17.0 Å². The molecule has 0 N–H and O–H groups in total. The highest BCUT2D eigenvalue weighted by Crippen LogP contribution is 2.33. The normalized spacial score (nSPS) is 19.0. The summed E-state index contributed by atoms with van der Waals surface area (Å²) in [6.07, 6.45) is 2.28. The molecule has 9 nitrogen and oxygen atoms in total. The lowest BCUT2D eigenvalue weighted by atomic mass is 10.1. The first kappa shape index (κ1) is 23.8. The first-order chi connectivity index (χ1) is 17.5. The molecule has 0 spiro atoms. The Balaban J connectivity index is 1.17. The van der Waals surface area contributed by atoms with E-state index in [1.807, 2.05) is 23.1 Å². The van der Waals surface area contributed by atoms with Gasteiger partial charge in [-0.3, -0.25) is 9.69 Å². The van der Waals surface area contributed by atoms with Crippen LogP contribution in [0, 0.1) is 5.82 Å². The zero-order chi connectivity index (χ0) is 25.1. The van der Waals surface area contributed by atoms with Gasteiger partial charge in [0.15, 0.2) is 11.5 Å². The average molecular weight is 511 g/mol. The van der Waals surface area contributed by atoms with E-state index in [0.29, 0.717) is 49.1 Å². The summed E-state index contributed by atoms with van der Waals surface area (Å²) in [6, 6.07) is 10.2. The van der Waals surface area contributed by atoms with Crippen molar-refractivity contribution in [3.05, 3.63) is 53.9 Å². The Morgan fingerprint density at radius 1 is 1.14 bits per heavy atom. The predicted molar refractivity (Wildman–Crippen MR) is 134 cm³/mol. The number of anilines is 2. The molecule has 0 unspecified atom stereocenters. The second-order valence-corrected chi connectivity index (χ2v) is 8.63. The van der Waals surface area contributed by atoms with Crippen LogP contribution in [0.25, 0.3) is 6.08 Å². The lowest BCUT2D eigenvalue weighted by Crippen LogP contribution is -2.48. The minimum absolute atomic E-state index is 0.108. The molecule has 3 aliphatic rings. The fourth-order valence-electron chi connectivity index (χ4n) is 4.34. The number of cyclic esters (lactones) is 1. The molecule has 0 aliphatic carbocycles. The van der Waals surface area contributed by atoms with Gasteiger partial charge < -0.3 is 24.0 Å². The number of rotatable bonds is 6. The molecule has 3 aliphatic heterocycles. The number of thiocarbonyl (C=S) groups is 1. The second-order valence-electron chi connectivity index (χ2n) is 8.44. The minimum Gasteiger partial charge on any atom is -0.454 e. The van der Waals surface area contributed by atoms with Crippen molar-refractivity contribution < 1.29 is 28.2 Å². The minimum atomic E-state index is -0.548. The van der Waals surface area contributed by atoms with Gasteiger partial charge in [-0.05, 0) is 54.2 Å². The van der Waals surface area contributed by atoms with Crippen LogP contribution in [-0.2, 0) is 9.53 Å². The second kappa shape index (κ2) is 10.3. The third-order valence-corrected chi connectivity index (χ3v) is 6.35. The molecule has 2 fully saturated rings. The predicted octanol–water partition coefficient (Wildman–Crippen LogP) is 3.34. The number of aliphatic imine (C=N–C) groups is 1. The molecule has 3 heterocycles. The maximum Gasteiger partial charge on any atom is 0.414 e. The molecule has 36 heavy (non-hydrogen) atoms. The number of amides is 2. The van der Waals surface area contributed by atoms with Gasteiger partial charge in [-0.1, -0.05) is 6.07 Å². The monoisotopic (exact) mass is 510 g/mol. The summed E-state index contributed by atoms with van der Waals surface area (Å²) >= 11 is 4.54. The first-order valence-electron chi connectivity index (χ1n) is 11.4. The van der Waals surface area contributed by atoms with Crippen molar-refractivity contribution in [2.24, 2.45) is 4.99 Å². The van der Waals surface area contributed by atoms with Gasteiger partial charge in [0.05, 0.1) is 29.6 Å². The lowest BCUT2D eigenvalue weighted by Gasteiger charge is -2.36. The van der Waals surface area contributed by atoms with Gasteiger partial charge in [-0.15, -0.1) is 0 Å². The Labute approximate surface area is 212 Å². The largest absolute Gasteiger partial charge is 0.454 e. The topological polar surface area (TPSA) is 83.9 Å². The average Bonchev–Trinajstić information content (AvgIpc) is 3.52. The molecule has 11 heteroatoms. The van der Waals surface area contributed by atoms with E-state index in [2.05, 4.69) is 22.4 Å². The zero-order valence-corrected chi connectivity index (χ0v) is 20.1. The van der Waals surface area contributed by atoms with Crippen molar-refractivity contribution >= 4 is 46.8 Å².